The number of rotatable bonds is 3. The van der Waals surface area contributed by atoms with Gasteiger partial charge < -0.3 is 4.90 Å². The molecule has 1 heterocycles. The molecule has 1 saturated heterocycles. The van der Waals surface area contributed by atoms with Crippen LogP contribution >= 0.6 is 0 Å². The Morgan fingerprint density at radius 2 is 1.71 bits per heavy atom. The molecule has 0 N–H and O–H groups in total. The first-order valence-electron chi connectivity index (χ1n) is 9.18. The third kappa shape index (κ3) is 2.78. The predicted octanol–water partition coefficient (Wildman–Crippen LogP) is 4.01. The van der Waals surface area contributed by atoms with E-state index in [1.165, 1.54) is 37.1 Å². The summed E-state index contributed by atoms with van der Waals surface area (Å²) in [4.78, 5) is 5.16. The highest BCUT2D eigenvalue weighted by Crippen LogP contribution is 2.41. The summed E-state index contributed by atoms with van der Waals surface area (Å²) in [5.74, 6) is 0.605. The zero-order chi connectivity index (χ0) is 16.7. The van der Waals surface area contributed by atoms with E-state index < -0.39 is 0 Å². The Hall–Kier alpha value is -1.64. The third-order valence-corrected chi connectivity index (χ3v) is 6.03. The van der Waals surface area contributed by atoms with Crippen molar-refractivity contribution < 1.29 is 0 Å². The molecule has 3 atom stereocenters. The molecule has 0 spiro atoms. The molecule has 2 heteroatoms. The number of aryl methyl sites for hydroxylation is 2. The molecular weight excluding hydrogens is 292 g/mol. The van der Waals surface area contributed by atoms with E-state index in [-0.39, 0.29) is 0 Å². The topological polar surface area (TPSA) is 6.48 Å². The molecule has 0 amide bonds. The van der Waals surface area contributed by atoms with Crippen molar-refractivity contribution in [2.75, 3.05) is 27.2 Å². The molecule has 0 saturated carbocycles. The molecule has 1 fully saturated rings. The highest BCUT2D eigenvalue weighted by molar-refractivity contribution is 5.35. The molecule has 2 aromatic carbocycles. The zero-order valence-corrected chi connectivity index (χ0v) is 15.1. The highest BCUT2D eigenvalue weighted by atomic mass is 15.3. The lowest BCUT2D eigenvalue weighted by molar-refractivity contribution is 0.216. The van der Waals surface area contributed by atoms with Crippen LogP contribution in [0, 0.1) is 6.92 Å². The Labute approximate surface area is 146 Å². The fraction of sp³-hybridized carbons (Fsp3) is 0.455. The first kappa shape index (κ1) is 15.9. The predicted molar refractivity (Wildman–Crippen MR) is 100 cm³/mol. The summed E-state index contributed by atoms with van der Waals surface area (Å²) in [6, 6.07) is 19.4. The second-order valence-corrected chi connectivity index (χ2v) is 7.76. The molecule has 2 aromatic rings. The van der Waals surface area contributed by atoms with Gasteiger partial charge >= 0.3 is 0 Å². The molecule has 24 heavy (non-hydrogen) atoms. The normalized spacial score (nSPS) is 26.9. The van der Waals surface area contributed by atoms with E-state index in [9.17, 15) is 0 Å². The fourth-order valence-corrected chi connectivity index (χ4v) is 4.65. The summed E-state index contributed by atoms with van der Waals surface area (Å²) in [7, 11) is 4.47. The van der Waals surface area contributed by atoms with Crippen LogP contribution in [0.4, 0.5) is 0 Å². The monoisotopic (exact) mass is 320 g/mol. The van der Waals surface area contributed by atoms with Crippen LogP contribution in [-0.2, 0) is 6.42 Å². The molecule has 1 aliphatic carbocycles. The molecule has 0 unspecified atom stereocenters. The Bertz CT molecular complexity index is 704. The van der Waals surface area contributed by atoms with Gasteiger partial charge in [0.15, 0.2) is 0 Å². The average molecular weight is 320 g/mol. The smallest absolute Gasteiger partial charge is 0.0354 e. The second-order valence-electron chi connectivity index (χ2n) is 7.76. The van der Waals surface area contributed by atoms with Crippen LogP contribution in [0.3, 0.4) is 0 Å². The number of likely N-dealkylation sites (N-methyl/N-ethyl adjacent to an activating group) is 1. The largest absolute Gasteiger partial charge is 0.305 e. The number of nitrogens with zero attached hydrogens (tertiary/aromatic N) is 2. The van der Waals surface area contributed by atoms with Gasteiger partial charge in [-0.3, -0.25) is 4.90 Å². The summed E-state index contributed by atoms with van der Waals surface area (Å²) in [6.45, 7) is 4.51. The van der Waals surface area contributed by atoms with Crippen molar-refractivity contribution in [3.8, 4) is 0 Å². The van der Waals surface area contributed by atoms with Crippen molar-refractivity contribution in [1.29, 1.82) is 0 Å². The molecule has 4 rings (SSSR count). The number of fused-ring (bicyclic) bond motifs is 1. The number of benzene rings is 2. The van der Waals surface area contributed by atoms with Gasteiger partial charge in [0.25, 0.3) is 0 Å². The fourth-order valence-electron chi connectivity index (χ4n) is 4.65. The Kier molecular flexibility index (Phi) is 4.19. The van der Waals surface area contributed by atoms with E-state index in [1.807, 2.05) is 0 Å². The maximum absolute atomic E-state index is 2.74. The lowest BCUT2D eigenvalue weighted by Crippen LogP contribution is -2.35. The SMILES string of the molecule is Cc1ccc([C@H]2CN([C@H]3CCc4ccccc43)C[C@@H]2N(C)C)cc1. The van der Waals surface area contributed by atoms with Crippen LogP contribution in [0.15, 0.2) is 48.5 Å². The standard InChI is InChI=1S/C22H28N2/c1-16-8-10-18(11-9-16)20-14-24(15-22(20)23(2)3)21-13-12-17-6-4-5-7-19(17)21/h4-11,20-22H,12-15H2,1-3H3/t20-,21+,22+/m1/s1. The molecule has 0 bridgehead atoms. The molecule has 2 nitrogen and oxygen atoms in total. The maximum Gasteiger partial charge on any atom is 0.0354 e. The molecular formula is C22H28N2. The van der Waals surface area contributed by atoms with Crippen LogP contribution in [0.5, 0.6) is 0 Å². The Morgan fingerprint density at radius 3 is 2.46 bits per heavy atom. The zero-order valence-electron chi connectivity index (χ0n) is 15.1. The van der Waals surface area contributed by atoms with Gasteiger partial charge in [-0.15, -0.1) is 0 Å². The maximum atomic E-state index is 2.74. The summed E-state index contributed by atoms with van der Waals surface area (Å²) >= 11 is 0. The van der Waals surface area contributed by atoms with Crippen molar-refractivity contribution in [2.45, 2.75) is 37.8 Å². The Morgan fingerprint density at radius 1 is 0.958 bits per heavy atom. The first-order chi connectivity index (χ1) is 11.6. The van der Waals surface area contributed by atoms with Crippen molar-refractivity contribution in [3.63, 3.8) is 0 Å². The van der Waals surface area contributed by atoms with Crippen molar-refractivity contribution in [1.82, 2.24) is 9.80 Å². The van der Waals surface area contributed by atoms with E-state index in [0.717, 1.165) is 0 Å². The lowest BCUT2D eigenvalue weighted by Gasteiger charge is -2.26. The van der Waals surface area contributed by atoms with E-state index >= 15 is 0 Å². The van der Waals surface area contributed by atoms with Crippen LogP contribution in [0.1, 0.15) is 40.6 Å². The minimum atomic E-state index is 0.598. The number of hydrogen-bond donors (Lipinski definition) is 0. The minimum Gasteiger partial charge on any atom is -0.305 e. The lowest BCUT2D eigenvalue weighted by atomic mass is 9.93. The van der Waals surface area contributed by atoms with Gasteiger partial charge in [-0.2, -0.15) is 0 Å². The van der Waals surface area contributed by atoms with Crippen LogP contribution in [0.25, 0.3) is 0 Å². The van der Waals surface area contributed by atoms with Crippen molar-refractivity contribution in [3.05, 3.63) is 70.8 Å². The Balaban J connectivity index is 1.60. The summed E-state index contributed by atoms with van der Waals surface area (Å²) < 4.78 is 0. The van der Waals surface area contributed by atoms with Crippen LogP contribution < -0.4 is 0 Å². The molecule has 0 radical (unpaired) electrons. The van der Waals surface area contributed by atoms with Gasteiger partial charge in [-0.05, 0) is 50.6 Å². The summed E-state index contributed by atoms with van der Waals surface area (Å²) in [5.41, 5.74) is 5.97. The minimum absolute atomic E-state index is 0.598. The van der Waals surface area contributed by atoms with E-state index in [0.29, 0.717) is 18.0 Å². The van der Waals surface area contributed by atoms with Crippen LogP contribution in [0.2, 0.25) is 0 Å². The first-order valence-corrected chi connectivity index (χ1v) is 9.18. The molecule has 126 valence electrons. The van der Waals surface area contributed by atoms with Gasteiger partial charge in [-0.25, -0.2) is 0 Å². The summed E-state index contributed by atoms with van der Waals surface area (Å²) in [5, 5.41) is 0. The quantitative estimate of drug-likeness (QED) is 0.843. The van der Waals surface area contributed by atoms with Gasteiger partial charge in [0, 0.05) is 31.1 Å². The van der Waals surface area contributed by atoms with Gasteiger partial charge in [0.2, 0.25) is 0 Å². The van der Waals surface area contributed by atoms with Crippen molar-refractivity contribution >= 4 is 0 Å². The molecule has 2 aliphatic rings. The highest BCUT2D eigenvalue weighted by Gasteiger charge is 2.40. The van der Waals surface area contributed by atoms with E-state index in [2.05, 4.69) is 79.3 Å². The van der Waals surface area contributed by atoms with Crippen LogP contribution in [-0.4, -0.2) is 43.0 Å². The molecule has 0 aromatic heterocycles. The summed E-state index contributed by atoms with van der Waals surface area (Å²) in [6.07, 6.45) is 2.51. The third-order valence-electron chi connectivity index (χ3n) is 6.03. The number of hydrogen-bond acceptors (Lipinski definition) is 2. The van der Waals surface area contributed by atoms with Gasteiger partial charge in [0.05, 0.1) is 0 Å². The number of likely N-dealkylation sites (tertiary alicyclic amines) is 1. The van der Waals surface area contributed by atoms with Gasteiger partial charge in [-0.1, -0.05) is 54.1 Å². The molecule has 1 aliphatic heterocycles. The average Bonchev–Trinajstić information content (AvgIpc) is 3.19. The van der Waals surface area contributed by atoms with E-state index in [4.69, 9.17) is 0 Å². The van der Waals surface area contributed by atoms with Crippen molar-refractivity contribution in [2.24, 2.45) is 0 Å². The van der Waals surface area contributed by atoms with E-state index in [1.54, 1.807) is 11.1 Å². The second kappa shape index (κ2) is 6.34. The van der Waals surface area contributed by atoms with Gasteiger partial charge in [0.1, 0.15) is 0 Å².